The van der Waals surface area contributed by atoms with E-state index in [1.165, 1.54) is 57.6 Å². The van der Waals surface area contributed by atoms with Crippen molar-refractivity contribution in [2.75, 3.05) is 13.7 Å². The van der Waals surface area contributed by atoms with Gasteiger partial charge in [-0.1, -0.05) is 156 Å². The van der Waals surface area contributed by atoms with E-state index in [2.05, 4.69) is 81.0 Å². The second kappa shape index (κ2) is 23.1. The van der Waals surface area contributed by atoms with Crippen LogP contribution in [0.25, 0.3) is 28.4 Å². The summed E-state index contributed by atoms with van der Waals surface area (Å²) in [7, 11) is 1.30. The molecule has 0 spiro atoms. The van der Waals surface area contributed by atoms with Crippen LogP contribution in [0.15, 0.2) is 52.9 Å². The smallest absolute Gasteiger partial charge is 0.681 e. The third-order valence-electron chi connectivity index (χ3n) is 14.6. The van der Waals surface area contributed by atoms with Crippen molar-refractivity contribution in [2.24, 2.45) is 35.5 Å². The second-order valence-electron chi connectivity index (χ2n) is 19.7. The number of carbonyl (C=O) groups is 3. The largest absolute Gasteiger partial charge is 2.00 e. The maximum absolute atomic E-state index is 14.4. The summed E-state index contributed by atoms with van der Waals surface area (Å²) in [6, 6.07) is -0.606. The van der Waals surface area contributed by atoms with Crippen LogP contribution >= 0.6 is 0 Å². The summed E-state index contributed by atoms with van der Waals surface area (Å²) in [4.78, 5) is 51.6. The first-order valence-electron chi connectivity index (χ1n) is 24.3. The van der Waals surface area contributed by atoms with Crippen LogP contribution in [-0.4, -0.2) is 66.6 Å². The van der Waals surface area contributed by atoms with Crippen molar-refractivity contribution in [3.63, 3.8) is 0 Å². The van der Waals surface area contributed by atoms with E-state index in [-0.39, 0.29) is 71.8 Å². The molecule has 0 N–H and O–H groups in total. The van der Waals surface area contributed by atoms with Gasteiger partial charge in [0, 0.05) is 12.0 Å². The first-order chi connectivity index (χ1) is 30.6. The summed E-state index contributed by atoms with van der Waals surface area (Å²) in [5.74, 6) is -0.514. The molecule has 0 radical (unpaired) electrons. The predicted octanol–water partition coefficient (Wildman–Crippen LogP) is 10.6. The van der Waals surface area contributed by atoms with E-state index in [1.54, 1.807) is 0 Å². The molecule has 0 aromatic carbocycles. The first-order valence-corrected chi connectivity index (χ1v) is 24.3. The Balaban J connectivity index is 0.00000793. The number of aromatic nitrogens is 2. The van der Waals surface area contributed by atoms with Crippen molar-refractivity contribution in [1.29, 1.82) is 0 Å². The number of ketones is 1. The van der Waals surface area contributed by atoms with Gasteiger partial charge in [-0.3, -0.25) is 14.4 Å². The fourth-order valence-corrected chi connectivity index (χ4v) is 10.4. The molecule has 348 valence electrons. The van der Waals surface area contributed by atoms with Crippen molar-refractivity contribution in [3.05, 3.63) is 108 Å². The topological polar surface area (TPSA) is 126 Å². The second-order valence-corrected chi connectivity index (χ2v) is 19.7. The van der Waals surface area contributed by atoms with Crippen LogP contribution in [0, 0.1) is 49.4 Å². The van der Waals surface area contributed by atoms with Crippen LogP contribution in [0.2, 0.25) is 0 Å². The molecule has 65 heavy (non-hydrogen) atoms. The third kappa shape index (κ3) is 11.8. The van der Waals surface area contributed by atoms with Crippen molar-refractivity contribution in [3.8, 4) is 0 Å². The molecule has 2 aromatic rings. The molecule has 3 aliphatic heterocycles. The quantitative estimate of drug-likeness (QED) is 0.0561. The van der Waals surface area contributed by atoms with E-state index in [9.17, 15) is 14.4 Å². The van der Waals surface area contributed by atoms with E-state index in [1.807, 2.05) is 25.2 Å². The van der Waals surface area contributed by atoms with Gasteiger partial charge in [0.2, 0.25) is 0 Å². The van der Waals surface area contributed by atoms with Crippen LogP contribution in [0.1, 0.15) is 164 Å². The molecular formula is C55H74MgN4O5-2. The number of hydrogen-bond acceptors (Lipinski definition) is 5. The van der Waals surface area contributed by atoms with Crippen molar-refractivity contribution in [2.45, 2.75) is 158 Å². The number of fused-ring (bicyclic) bond motifs is 7. The summed E-state index contributed by atoms with van der Waals surface area (Å²) in [6.45, 7) is 26.2. The van der Waals surface area contributed by atoms with Gasteiger partial charge in [-0.25, -0.2) is 0 Å². The molecule has 0 saturated carbocycles. The molecule has 0 amide bonds. The zero-order chi connectivity index (χ0) is 46.4. The number of nitrogens with zero attached hydrogens (tertiary/aromatic N) is 4. The van der Waals surface area contributed by atoms with Gasteiger partial charge in [-0.15, -0.1) is 39.9 Å². The molecule has 10 heteroatoms. The number of esters is 2. The minimum absolute atomic E-state index is 0. The molecule has 1 saturated heterocycles. The van der Waals surface area contributed by atoms with Crippen LogP contribution in [0.3, 0.4) is 0 Å². The predicted molar refractivity (Wildman–Crippen MR) is 265 cm³/mol. The molecule has 1 aliphatic carbocycles. The van der Waals surface area contributed by atoms with Crippen LogP contribution in [0.4, 0.5) is 0 Å². The molecule has 1 fully saturated rings. The Morgan fingerprint density at radius 3 is 2.22 bits per heavy atom. The van der Waals surface area contributed by atoms with Crippen LogP contribution in [0.5, 0.6) is 0 Å². The van der Waals surface area contributed by atoms with Gasteiger partial charge in [-0.05, 0) is 89.0 Å². The Kier molecular flexibility index (Phi) is 18.5. The van der Waals surface area contributed by atoms with Gasteiger partial charge in [0.25, 0.3) is 0 Å². The summed E-state index contributed by atoms with van der Waals surface area (Å²) in [5, 5.41) is 12.2. The molecule has 4 aliphatic rings. The molecule has 9 nitrogen and oxygen atoms in total. The minimum atomic E-state index is -1.20. The van der Waals surface area contributed by atoms with Gasteiger partial charge in [-0.2, -0.15) is 5.70 Å². The molecule has 7 atom stereocenters. The maximum Gasteiger partial charge on any atom is 2.00 e. The zero-order valence-corrected chi connectivity index (χ0v) is 42.9. The van der Waals surface area contributed by atoms with Crippen molar-refractivity contribution < 1.29 is 23.9 Å². The van der Waals surface area contributed by atoms with E-state index >= 15 is 0 Å². The number of carbonyl (C=O) groups excluding carboxylic acids is 3. The van der Waals surface area contributed by atoms with Gasteiger partial charge < -0.3 is 30.1 Å². The standard InChI is InChI=1S/C55H75N4O5.Mg/c1-13-39-35(8)42-28-44-37(10)41(24-25-48(60)64-27-26-34(7)23-17-22-33(6)21-16-20-32(5)19-15-18-31(3)4)52(58-44)50-51(55(62)63-12)54(61)49-38(11)45(59-53(49)50)30-47-40(14-2)36(9)43(57-47)29-46(39)56-42;/h13,26,28-33,37,41,44,46,51H,1,14-25,27H2,2-12H3,(H-,58,59,61);/q-3;+2/p-1/b34-26+,42-28-,43-29-,47-30-;/t32-,33-,37+,41+,44?,46+,51-;/m1./s1. The Morgan fingerprint density at radius 1 is 0.892 bits per heavy atom. The average molecular weight is 896 g/mol. The SMILES string of the molecule is C=CC1=C(C)/C2=C/C3[N-]/C(=C4\c5[n-]c(c(C)c5C(=O)[C@@H]4C(=O)OC)/C=c4\[n-]/c(c(C)c4CC)=C\[C@@H]1[N-]2)[C@@H](CCC(=O)OC/C=C(\C)CCC[C@H](C)CCC[C@H](C)CCCC(C)C)[C@@H]3C.[Mg+2]. The summed E-state index contributed by atoms with van der Waals surface area (Å²) in [5.41, 5.74) is 9.59. The first kappa shape index (κ1) is 52.0. The number of hydrogen-bond donors (Lipinski definition) is 0. The molecule has 2 aromatic heterocycles. The van der Waals surface area contributed by atoms with Gasteiger partial charge >= 0.3 is 35.0 Å². The van der Waals surface area contributed by atoms with Gasteiger partial charge in [0.05, 0.1) is 7.11 Å². The minimum Gasteiger partial charge on any atom is -0.681 e. The van der Waals surface area contributed by atoms with Crippen molar-refractivity contribution in [1.82, 2.24) is 9.97 Å². The van der Waals surface area contributed by atoms with Gasteiger partial charge in [0.15, 0.2) is 5.78 Å². The fraction of sp³-hybridized carbons (Fsp3) is 0.582. The Morgan fingerprint density at radius 2 is 1.57 bits per heavy atom. The number of Topliss-reactive ketones (excluding diaryl/α,β-unsaturated/α-hetero) is 1. The Labute approximate surface area is 405 Å². The monoisotopic (exact) mass is 895 g/mol. The molecule has 6 rings (SSSR count). The molecular weight excluding hydrogens is 821 g/mol. The Hall–Kier alpha value is -4.02. The summed E-state index contributed by atoms with van der Waals surface area (Å²) in [6.07, 6.45) is 22.7. The third-order valence-corrected chi connectivity index (χ3v) is 14.6. The normalized spacial score (nSPS) is 25.1. The van der Waals surface area contributed by atoms with E-state index in [4.69, 9.17) is 30.1 Å². The van der Waals surface area contributed by atoms with E-state index in [0.717, 1.165) is 69.8 Å². The number of allylic oxidation sites excluding steroid dienone is 3. The summed E-state index contributed by atoms with van der Waals surface area (Å²) < 4.78 is 11.1. The van der Waals surface area contributed by atoms with E-state index < -0.39 is 11.9 Å². The molecule has 8 bridgehead atoms. The maximum atomic E-state index is 14.4. The Bertz CT molecular complexity index is 2340. The molecule has 5 heterocycles. The average Bonchev–Trinajstić information content (AvgIpc) is 3.99. The van der Waals surface area contributed by atoms with E-state index in [0.29, 0.717) is 46.1 Å². The van der Waals surface area contributed by atoms with Gasteiger partial charge in [0.1, 0.15) is 12.5 Å². The number of methoxy groups -OCH3 is 1. The summed E-state index contributed by atoms with van der Waals surface area (Å²) >= 11 is 0. The van der Waals surface area contributed by atoms with Crippen LogP contribution in [-0.2, 0) is 25.5 Å². The zero-order valence-electron chi connectivity index (χ0n) is 41.4. The van der Waals surface area contributed by atoms with Crippen molar-refractivity contribution >= 4 is 58.5 Å². The van der Waals surface area contributed by atoms with Crippen LogP contribution < -0.4 is 20.7 Å². The number of rotatable bonds is 20. The fourth-order valence-electron chi connectivity index (χ4n) is 10.4. The number of ether oxygens (including phenoxy) is 2. The molecule has 1 unspecified atom stereocenters.